The van der Waals surface area contributed by atoms with Gasteiger partial charge >= 0.3 is 0 Å². The standard InChI is InChI=1S/C22H29N3O3S/c1-18-5-4-10-24(16-18)22(26)17-23-11-13-25(14-12-23)29(27,28)21-9-8-19-6-2-3-7-20(19)15-21/h2-3,6-9,15,18H,4-5,10-14,16-17H2,1H3/t18-/m0/s1. The van der Waals surface area contributed by atoms with Gasteiger partial charge in [0.25, 0.3) is 0 Å². The van der Waals surface area contributed by atoms with Crippen molar-refractivity contribution in [3.8, 4) is 0 Å². The Hall–Kier alpha value is -1.96. The van der Waals surface area contributed by atoms with Crippen molar-refractivity contribution in [1.29, 1.82) is 0 Å². The molecule has 0 saturated carbocycles. The maximum absolute atomic E-state index is 13.1. The molecule has 2 aromatic carbocycles. The molecule has 0 aromatic heterocycles. The van der Waals surface area contributed by atoms with Crippen LogP contribution in [-0.2, 0) is 14.8 Å². The highest BCUT2D eigenvalue weighted by atomic mass is 32.2. The van der Waals surface area contributed by atoms with E-state index in [1.807, 2.05) is 35.2 Å². The van der Waals surface area contributed by atoms with Crippen LogP contribution in [0.2, 0.25) is 0 Å². The number of piperidine rings is 1. The van der Waals surface area contributed by atoms with Gasteiger partial charge < -0.3 is 4.90 Å². The van der Waals surface area contributed by atoms with Gasteiger partial charge in [0.1, 0.15) is 0 Å². The quantitative estimate of drug-likeness (QED) is 0.769. The molecule has 2 aliphatic rings. The lowest BCUT2D eigenvalue weighted by Crippen LogP contribution is -2.52. The first-order valence-corrected chi connectivity index (χ1v) is 11.9. The van der Waals surface area contributed by atoms with Crippen LogP contribution in [0.25, 0.3) is 10.8 Å². The molecule has 7 heteroatoms. The van der Waals surface area contributed by atoms with E-state index >= 15 is 0 Å². The molecule has 6 nitrogen and oxygen atoms in total. The number of carbonyl (C=O) groups is 1. The molecule has 0 N–H and O–H groups in total. The van der Waals surface area contributed by atoms with E-state index in [1.165, 1.54) is 6.42 Å². The molecule has 4 rings (SSSR count). The van der Waals surface area contributed by atoms with Crippen LogP contribution in [-0.4, -0.2) is 74.2 Å². The zero-order valence-corrected chi connectivity index (χ0v) is 17.8. The van der Waals surface area contributed by atoms with E-state index in [0.29, 0.717) is 43.5 Å². The highest BCUT2D eigenvalue weighted by Gasteiger charge is 2.30. The van der Waals surface area contributed by atoms with Gasteiger partial charge in [-0.2, -0.15) is 4.31 Å². The summed E-state index contributed by atoms with van der Waals surface area (Å²) in [6.07, 6.45) is 2.26. The fourth-order valence-corrected chi connectivity index (χ4v) is 5.77. The summed E-state index contributed by atoms with van der Waals surface area (Å²) in [5.74, 6) is 0.735. The van der Waals surface area contributed by atoms with Crippen LogP contribution < -0.4 is 0 Å². The number of hydrogen-bond acceptors (Lipinski definition) is 4. The predicted octanol–water partition coefficient (Wildman–Crippen LogP) is 2.40. The van der Waals surface area contributed by atoms with Crippen molar-refractivity contribution in [2.45, 2.75) is 24.7 Å². The smallest absolute Gasteiger partial charge is 0.243 e. The Morgan fingerprint density at radius 2 is 1.72 bits per heavy atom. The molecule has 29 heavy (non-hydrogen) atoms. The van der Waals surface area contributed by atoms with Gasteiger partial charge in [-0.05, 0) is 41.7 Å². The van der Waals surface area contributed by atoms with E-state index in [1.54, 1.807) is 16.4 Å². The number of hydrogen-bond donors (Lipinski definition) is 0. The Bertz CT molecular complexity index is 984. The van der Waals surface area contributed by atoms with Gasteiger partial charge in [-0.1, -0.05) is 37.3 Å². The van der Waals surface area contributed by atoms with E-state index in [2.05, 4.69) is 11.8 Å². The fourth-order valence-electron chi connectivity index (χ4n) is 4.31. The normalized spacial score (nSPS) is 22.1. The minimum absolute atomic E-state index is 0.169. The molecule has 1 amide bonds. The summed E-state index contributed by atoms with van der Waals surface area (Å²) >= 11 is 0. The Balaban J connectivity index is 1.37. The molecule has 0 bridgehead atoms. The number of nitrogens with zero attached hydrogens (tertiary/aromatic N) is 3. The van der Waals surface area contributed by atoms with Crippen molar-refractivity contribution in [3.63, 3.8) is 0 Å². The number of piperazine rings is 1. The molecule has 1 atom stereocenters. The number of sulfonamides is 1. The first-order chi connectivity index (χ1) is 13.9. The van der Waals surface area contributed by atoms with Gasteiger partial charge in [0.2, 0.25) is 15.9 Å². The van der Waals surface area contributed by atoms with Gasteiger partial charge in [-0.25, -0.2) is 8.42 Å². The minimum Gasteiger partial charge on any atom is -0.341 e. The van der Waals surface area contributed by atoms with Crippen molar-refractivity contribution >= 4 is 26.7 Å². The van der Waals surface area contributed by atoms with Crippen LogP contribution in [0, 0.1) is 5.92 Å². The molecule has 2 heterocycles. The molecule has 2 fully saturated rings. The third-order valence-electron chi connectivity index (χ3n) is 6.06. The first kappa shape index (κ1) is 20.3. The maximum atomic E-state index is 13.1. The summed E-state index contributed by atoms with van der Waals surface area (Å²) < 4.78 is 27.7. The van der Waals surface area contributed by atoms with Crippen molar-refractivity contribution in [3.05, 3.63) is 42.5 Å². The summed E-state index contributed by atoms with van der Waals surface area (Å²) in [5.41, 5.74) is 0. The number of rotatable bonds is 4. The van der Waals surface area contributed by atoms with Gasteiger partial charge in [0, 0.05) is 39.3 Å². The number of likely N-dealkylation sites (tertiary alicyclic amines) is 1. The zero-order valence-electron chi connectivity index (χ0n) is 17.0. The molecule has 2 saturated heterocycles. The summed E-state index contributed by atoms with van der Waals surface area (Å²) in [6, 6.07) is 13.1. The molecule has 2 aromatic rings. The van der Waals surface area contributed by atoms with Crippen molar-refractivity contribution in [2.75, 3.05) is 45.8 Å². The van der Waals surface area contributed by atoms with Gasteiger partial charge in [-0.3, -0.25) is 9.69 Å². The zero-order chi connectivity index (χ0) is 20.4. The minimum atomic E-state index is -3.52. The van der Waals surface area contributed by atoms with E-state index in [0.717, 1.165) is 30.3 Å². The Kier molecular flexibility index (Phi) is 5.90. The molecule has 0 aliphatic carbocycles. The largest absolute Gasteiger partial charge is 0.341 e. The van der Waals surface area contributed by atoms with Crippen LogP contribution in [0.1, 0.15) is 19.8 Å². The van der Waals surface area contributed by atoms with Gasteiger partial charge in [-0.15, -0.1) is 0 Å². The van der Waals surface area contributed by atoms with E-state index in [9.17, 15) is 13.2 Å². The van der Waals surface area contributed by atoms with E-state index in [-0.39, 0.29) is 5.91 Å². The molecule has 2 aliphatic heterocycles. The van der Waals surface area contributed by atoms with Crippen LogP contribution in [0.4, 0.5) is 0 Å². The SMILES string of the molecule is C[C@H]1CCCN(C(=O)CN2CCN(S(=O)(=O)c3ccc4ccccc4c3)CC2)C1. The second-order valence-corrected chi connectivity index (χ2v) is 10.2. The second kappa shape index (κ2) is 8.42. The highest BCUT2D eigenvalue weighted by Crippen LogP contribution is 2.23. The number of benzene rings is 2. The third kappa shape index (κ3) is 4.47. The van der Waals surface area contributed by atoms with Crippen LogP contribution in [0.3, 0.4) is 0 Å². The lowest BCUT2D eigenvalue weighted by Gasteiger charge is -2.36. The average Bonchev–Trinajstić information content (AvgIpc) is 2.74. The van der Waals surface area contributed by atoms with Crippen LogP contribution >= 0.6 is 0 Å². The average molecular weight is 416 g/mol. The monoisotopic (exact) mass is 415 g/mol. The Morgan fingerprint density at radius 3 is 2.45 bits per heavy atom. The Labute approximate surface area is 173 Å². The van der Waals surface area contributed by atoms with Crippen LogP contribution in [0.5, 0.6) is 0 Å². The highest BCUT2D eigenvalue weighted by molar-refractivity contribution is 7.89. The molecule has 0 spiro atoms. The second-order valence-electron chi connectivity index (χ2n) is 8.28. The predicted molar refractivity (Wildman–Crippen MR) is 114 cm³/mol. The van der Waals surface area contributed by atoms with Crippen molar-refractivity contribution < 1.29 is 13.2 Å². The first-order valence-electron chi connectivity index (χ1n) is 10.4. The number of fused-ring (bicyclic) bond motifs is 1. The van der Waals surface area contributed by atoms with Crippen molar-refractivity contribution in [1.82, 2.24) is 14.1 Å². The summed E-state index contributed by atoms with van der Waals surface area (Å²) in [4.78, 5) is 17.0. The molecular weight excluding hydrogens is 386 g/mol. The van der Waals surface area contributed by atoms with Gasteiger partial charge in [0.15, 0.2) is 0 Å². The van der Waals surface area contributed by atoms with Gasteiger partial charge in [0.05, 0.1) is 11.4 Å². The fraction of sp³-hybridized carbons (Fsp3) is 0.500. The van der Waals surface area contributed by atoms with Crippen LogP contribution in [0.15, 0.2) is 47.4 Å². The third-order valence-corrected chi connectivity index (χ3v) is 7.95. The molecular formula is C22H29N3O3S. The van der Waals surface area contributed by atoms with E-state index in [4.69, 9.17) is 0 Å². The maximum Gasteiger partial charge on any atom is 0.243 e. The van der Waals surface area contributed by atoms with E-state index < -0.39 is 10.0 Å². The summed E-state index contributed by atoms with van der Waals surface area (Å²) in [5, 5.41) is 1.95. The summed E-state index contributed by atoms with van der Waals surface area (Å²) in [7, 11) is -3.52. The molecule has 156 valence electrons. The summed E-state index contributed by atoms with van der Waals surface area (Å²) in [6.45, 7) is 6.27. The lowest BCUT2D eigenvalue weighted by atomic mass is 10.0. The number of carbonyl (C=O) groups excluding carboxylic acids is 1. The molecule has 0 unspecified atom stereocenters. The number of amides is 1. The Morgan fingerprint density at radius 1 is 1.00 bits per heavy atom. The van der Waals surface area contributed by atoms with Crippen molar-refractivity contribution in [2.24, 2.45) is 5.92 Å². The molecule has 0 radical (unpaired) electrons. The lowest BCUT2D eigenvalue weighted by molar-refractivity contribution is -0.134. The topological polar surface area (TPSA) is 60.9 Å².